The summed E-state index contributed by atoms with van der Waals surface area (Å²) in [5, 5.41) is 50.1. The number of carbonyl (C=O) groups is 2. The highest BCUT2D eigenvalue weighted by Crippen LogP contribution is 2.47. The molecule has 6 unspecified atom stereocenters. The van der Waals surface area contributed by atoms with Crippen LogP contribution < -0.4 is 0 Å². The maximum absolute atomic E-state index is 12.8. The monoisotopic (exact) mass is 861 g/mol. The first-order valence-electron chi connectivity index (χ1n) is 22.8. The van der Waals surface area contributed by atoms with Crippen LogP contribution in [0.3, 0.4) is 0 Å². The molecule has 0 radical (unpaired) electrons. The minimum absolute atomic E-state index is 0.138. The largest absolute Gasteiger partial charge is 0.472 e. The van der Waals surface area contributed by atoms with Crippen molar-refractivity contribution in [3.63, 3.8) is 0 Å². The summed E-state index contributed by atoms with van der Waals surface area (Å²) >= 11 is 0. The van der Waals surface area contributed by atoms with E-state index in [1.54, 1.807) is 6.08 Å². The van der Waals surface area contributed by atoms with E-state index in [0.29, 0.717) is 6.42 Å². The summed E-state index contributed by atoms with van der Waals surface area (Å²) in [7, 11) is -5.14. The quantitative estimate of drug-likeness (QED) is 0.00864. The van der Waals surface area contributed by atoms with Crippen LogP contribution in [0.15, 0.2) is 36.5 Å². The first-order valence-corrected chi connectivity index (χ1v) is 24.3. The Morgan fingerprint density at radius 1 is 0.559 bits per heavy atom. The first-order chi connectivity index (χ1) is 28.4. The number of phosphoric ester groups is 1. The molecule has 6 N–H and O–H groups in total. The van der Waals surface area contributed by atoms with Gasteiger partial charge in [-0.2, -0.15) is 0 Å². The Kier molecular flexibility index (Phi) is 33.3. The van der Waals surface area contributed by atoms with Crippen molar-refractivity contribution in [2.45, 2.75) is 224 Å². The van der Waals surface area contributed by atoms with E-state index in [9.17, 15) is 44.6 Å². The average molecular weight is 861 g/mol. The molecule has 0 saturated heterocycles. The van der Waals surface area contributed by atoms with Gasteiger partial charge in [-0.05, 0) is 44.9 Å². The number of aliphatic hydroxyl groups is 5. The number of aliphatic hydroxyl groups excluding tert-OH is 5. The van der Waals surface area contributed by atoms with E-state index in [0.717, 1.165) is 63.9 Å². The molecule has 0 bridgehead atoms. The van der Waals surface area contributed by atoms with E-state index in [1.807, 2.05) is 6.08 Å². The third kappa shape index (κ3) is 28.3. The van der Waals surface area contributed by atoms with E-state index in [2.05, 4.69) is 26.0 Å². The van der Waals surface area contributed by atoms with Gasteiger partial charge in [0.05, 0.1) is 6.61 Å². The maximum atomic E-state index is 12.8. The smallest absolute Gasteiger partial charge is 0.462 e. The lowest BCUT2D eigenvalue weighted by molar-refractivity contribution is -0.220. The molecule has 0 spiro atoms. The second-order valence-corrected chi connectivity index (χ2v) is 17.4. The van der Waals surface area contributed by atoms with E-state index in [4.69, 9.17) is 18.5 Å². The molecular formula is C45H81O13P. The van der Waals surface area contributed by atoms with Gasteiger partial charge in [0.1, 0.15) is 43.2 Å². The van der Waals surface area contributed by atoms with Crippen molar-refractivity contribution < 1.29 is 63.1 Å². The van der Waals surface area contributed by atoms with Gasteiger partial charge >= 0.3 is 19.8 Å². The average Bonchev–Trinajstić information content (AvgIpc) is 3.21. The van der Waals surface area contributed by atoms with Gasteiger partial charge in [-0.1, -0.05) is 160 Å². The lowest BCUT2D eigenvalue weighted by Crippen LogP contribution is -2.64. The maximum Gasteiger partial charge on any atom is 0.472 e. The second-order valence-electron chi connectivity index (χ2n) is 16.0. The SMILES string of the molecule is CCCCCCCC/C=C/CCCCCCCC(=O)OC[C@H](COP(=O)(O)OC1C(O)C(O)C(O)[C@@H](O)C1O)OC(=O)/C=C/C=C/CCCCCCCCCCCCC. The fraction of sp³-hybridized carbons (Fsp3) is 0.822. The zero-order chi connectivity index (χ0) is 43.6. The minimum Gasteiger partial charge on any atom is -0.462 e. The number of hydrogen-bond donors (Lipinski definition) is 6. The van der Waals surface area contributed by atoms with Crippen LogP contribution in [-0.2, 0) is 32.7 Å². The van der Waals surface area contributed by atoms with Crippen molar-refractivity contribution in [1.82, 2.24) is 0 Å². The first kappa shape index (κ1) is 55.1. The predicted molar refractivity (Wildman–Crippen MR) is 230 cm³/mol. The summed E-state index contributed by atoms with van der Waals surface area (Å²) in [4.78, 5) is 35.5. The van der Waals surface area contributed by atoms with Crippen molar-refractivity contribution in [1.29, 1.82) is 0 Å². The lowest BCUT2D eigenvalue weighted by Gasteiger charge is -2.41. The van der Waals surface area contributed by atoms with Crippen LogP contribution in [0.2, 0.25) is 0 Å². The van der Waals surface area contributed by atoms with E-state index in [1.165, 1.54) is 102 Å². The molecule has 0 heterocycles. The van der Waals surface area contributed by atoms with Crippen LogP contribution in [0.5, 0.6) is 0 Å². The van der Waals surface area contributed by atoms with Crippen LogP contribution in [-0.4, -0.2) is 98.3 Å². The molecule has 1 aliphatic rings. The number of phosphoric acid groups is 1. The second kappa shape index (κ2) is 35.6. The molecule has 1 aliphatic carbocycles. The Bertz CT molecular complexity index is 1180. The summed E-state index contributed by atoms with van der Waals surface area (Å²) in [5.41, 5.74) is 0. The number of carbonyl (C=O) groups excluding carboxylic acids is 2. The van der Waals surface area contributed by atoms with Crippen LogP contribution in [0, 0.1) is 0 Å². The molecule has 8 atom stereocenters. The van der Waals surface area contributed by atoms with E-state index in [-0.39, 0.29) is 6.42 Å². The van der Waals surface area contributed by atoms with Gasteiger partial charge in [0.2, 0.25) is 0 Å². The number of ether oxygens (including phenoxy) is 2. The van der Waals surface area contributed by atoms with Crippen LogP contribution in [0.4, 0.5) is 0 Å². The Labute approximate surface area is 355 Å². The van der Waals surface area contributed by atoms with Crippen molar-refractivity contribution in [3.05, 3.63) is 36.5 Å². The van der Waals surface area contributed by atoms with Gasteiger partial charge < -0.3 is 39.9 Å². The summed E-state index contributed by atoms with van der Waals surface area (Å²) in [6, 6.07) is 0. The lowest BCUT2D eigenvalue weighted by atomic mass is 9.85. The number of hydrogen-bond acceptors (Lipinski definition) is 12. The molecule has 1 rings (SSSR count). The Balaban J connectivity index is 2.53. The minimum atomic E-state index is -5.14. The van der Waals surface area contributed by atoms with Gasteiger partial charge in [0, 0.05) is 12.5 Å². The molecule has 13 nitrogen and oxygen atoms in total. The molecular weight excluding hydrogens is 779 g/mol. The summed E-state index contributed by atoms with van der Waals surface area (Å²) in [6.07, 6.45) is 26.9. The van der Waals surface area contributed by atoms with Gasteiger partial charge in [-0.25, -0.2) is 9.36 Å². The molecule has 0 aromatic carbocycles. The standard InChI is InChI=1S/C45H81O13P/c1-3-5-7-9-11-13-15-17-19-21-23-25-27-29-31-33-38(46)55-35-37(36-56-59(53,54)58-45-43(51)41(49)40(48)42(50)44(45)52)57-39(47)34-32-30-28-26-24-22-20-18-16-14-12-10-8-6-4-2/h17,19,28,30,32,34,37,40-45,48-52H,3-16,18,20-27,29,31,33,35-36H2,1-2H3,(H,53,54)/b19-17+,30-28+,34-32+/t37-,40?,41-,42?,43?,44?,45?/m1/s1. The van der Waals surface area contributed by atoms with Gasteiger partial charge in [-0.15, -0.1) is 0 Å². The van der Waals surface area contributed by atoms with Crippen LogP contribution >= 0.6 is 7.82 Å². The Hall–Kier alpha value is -1.93. The van der Waals surface area contributed by atoms with Gasteiger partial charge in [0.25, 0.3) is 0 Å². The molecule has 344 valence electrons. The van der Waals surface area contributed by atoms with E-state index >= 15 is 0 Å². The normalized spacial score (nSPS) is 22.6. The van der Waals surface area contributed by atoms with Crippen molar-refractivity contribution in [2.75, 3.05) is 13.2 Å². The fourth-order valence-electron chi connectivity index (χ4n) is 6.84. The van der Waals surface area contributed by atoms with Crippen molar-refractivity contribution in [3.8, 4) is 0 Å². The third-order valence-electron chi connectivity index (χ3n) is 10.6. The van der Waals surface area contributed by atoms with Crippen LogP contribution in [0.1, 0.15) is 181 Å². The molecule has 0 amide bonds. The molecule has 0 aromatic heterocycles. The van der Waals surface area contributed by atoms with E-state index < -0.39 is 75.7 Å². The number of rotatable bonds is 37. The zero-order valence-electron chi connectivity index (χ0n) is 36.3. The molecule has 14 heteroatoms. The summed E-state index contributed by atoms with van der Waals surface area (Å²) in [5.74, 6) is -1.36. The fourth-order valence-corrected chi connectivity index (χ4v) is 7.81. The highest BCUT2D eigenvalue weighted by Gasteiger charge is 2.51. The molecule has 0 aromatic rings. The molecule has 1 fully saturated rings. The number of unbranched alkanes of at least 4 members (excludes halogenated alkanes) is 22. The molecule has 59 heavy (non-hydrogen) atoms. The predicted octanol–water partition coefficient (Wildman–Crippen LogP) is 8.61. The van der Waals surface area contributed by atoms with Crippen LogP contribution in [0.25, 0.3) is 0 Å². The third-order valence-corrected chi connectivity index (χ3v) is 11.5. The highest BCUT2D eigenvalue weighted by molar-refractivity contribution is 7.47. The van der Waals surface area contributed by atoms with Gasteiger partial charge in [-0.3, -0.25) is 13.8 Å². The topological polar surface area (TPSA) is 210 Å². The molecule has 0 aliphatic heterocycles. The number of allylic oxidation sites excluding steroid dienone is 5. The van der Waals surface area contributed by atoms with Gasteiger partial charge in [0.15, 0.2) is 6.10 Å². The molecule has 1 saturated carbocycles. The number of esters is 2. The van der Waals surface area contributed by atoms with Crippen molar-refractivity contribution in [2.24, 2.45) is 0 Å². The Morgan fingerprint density at radius 3 is 1.47 bits per heavy atom. The Morgan fingerprint density at radius 2 is 0.983 bits per heavy atom. The highest BCUT2D eigenvalue weighted by atomic mass is 31.2. The zero-order valence-corrected chi connectivity index (χ0v) is 37.2. The summed E-state index contributed by atoms with van der Waals surface area (Å²) in [6.45, 7) is 3.19. The van der Waals surface area contributed by atoms with Crippen molar-refractivity contribution >= 4 is 19.8 Å². The summed E-state index contributed by atoms with van der Waals surface area (Å²) < 4.78 is 33.3.